The SMILES string of the molecule is CCn1ncc(OC)c1C1(O)CCc2c(F)cccc21. The monoisotopic (exact) mass is 276 g/mol. The van der Waals surface area contributed by atoms with Crippen LogP contribution in [0.4, 0.5) is 4.39 Å². The third-order valence-corrected chi connectivity index (χ3v) is 4.02. The third kappa shape index (κ3) is 1.66. The van der Waals surface area contributed by atoms with Crippen LogP contribution < -0.4 is 4.74 Å². The van der Waals surface area contributed by atoms with Crippen LogP contribution >= 0.6 is 0 Å². The van der Waals surface area contributed by atoms with Crippen LogP contribution in [-0.4, -0.2) is 22.0 Å². The molecule has 2 aromatic rings. The number of ether oxygens (including phenoxy) is 1. The number of aliphatic hydroxyl groups is 1. The van der Waals surface area contributed by atoms with Crippen LogP contribution in [0.3, 0.4) is 0 Å². The highest BCUT2D eigenvalue weighted by Crippen LogP contribution is 2.45. The molecule has 0 aliphatic heterocycles. The predicted molar refractivity (Wildman–Crippen MR) is 72.2 cm³/mol. The number of aryl methyl sites for hydroxylation is 1. The average molecular weight is 276 g/mol. The normalized spacial score (nSPS) is 21.0. The van der Waals surface area contributed by atoms with Gasteiger partial charge in [0.1, 0.15) is 17.1 Å². The van der Waals surface area contributed by atoms with Crippen LogP contribution in [0.2, 0.25) is 0 Å². The van der Waals surface area contributed by atoms with Crippen LogP contribution in [0.1, 0.15) is 30.2 Å². The van der Waals surface area contributed by atoms with Gasteiger partial charge in [0.2, 0.25) is 0 Å². The number of nitrogens with zero attached hydrogens (tertiary/aromatic N) is 2. The van der Waals surface area contributed by atoms with Crippen molar-refractivity contribution in [2.24, 2.45) is 0 Å². The molecule has 1 aliphatic rings. The molecule has 1 atom stereocenters. The maximum atomic E-state index is 13.9. The summed E-state index contributed by atoms with van der Waals surface area (Å²) < 4.78 is 20.9. The van der Waals surface area contributed by atoms with E-state index in [1.165, 1.54) is 6.07 Å². The van der Waals surface area contributed by atoms with Crippen molar-refractivity contribution in [2.45, 2.75) is 31.9 Å². The van der Waals surface area contributed by atoms with Crippen LogP contribution in [0.15, 0.2) is 24.4 Å². The third-order valence-electron chi connectivity index (χ3n) is 4.02. The lowest BCUT2D eigenvalue weighted by atomic mass is 9.91. The fraction of sp³-hybridized carbons (Fsp3) is 0.400. The first-order chi connectivity index (χ1) is 9.61. The zero-order chi connectivity index (χ0) is 14.3. The van der Waals surface area contributed by atoms with E-state index in [4.69, 9.17) is 4.74 Å². The summed E-state index contributed by atoms with van der Waals surface area (Å²) in [6.45, 7) is 2.56. The fourth-order valence-corrected chi connectivity index (χ4v) is 3.06. The molecule has 1 aliphatic carbocycles. The average Bonchev–Trinajstić information content (AvgIpc) is 3.02. The summed E-state index contributed by atoms with van der Waals surface area (Å²) in [4.78, 5) is 0. The summed E-state index contributed by atoms with van der Waals surface area (Å²) in [6, 6.07) is 4.83. The molecule has 5 heteroatoms. The topological polar surface area (TPSA) is 47.3 Å². The molecule has 1 unspecified atom stereocenters. The molecule has 20 heavy (non-hydrogen) atoms. The van der Waals surface area contributed by atoms with Gasteiger partial charge in [-0.2, -0.15) is 5.10 Å². The zero-order valence-corrected chi connectivity index (χ0v) is 11.6. The molecule has 0 radical (unpaired) electrons. The Labute approximate surface area is 116 Å². The number of aromatic nitrogens is 2. The largest absolute Gasteiger partial charge is 0.493 e. The Balaban J connectivity index is 2.22. The smallest absolute Gasteiger partial charge is 0.163 e. The lowest BCUT2D eigenvalue weighted by Crippen LogP contribution is -2.28. The molecule has 0 bridgehead atoms. The van der Waals surface area contributed by atoms with E-state index >= 15 is 0 Å². The maximum Gasteiger partial charge on any atom is 0.163 e. The molecule has 4 nitrogen and oxygen atoms in total. The fourth-order valence-electron chi connectivity index (χ4n) is 3.06. The van der Waals surface area contributed by atoms with Crippen LogP contribution in [0, 0.1) is 5.82 Å². The first-order valence-corrected chi connectivity index (χ1v) is 6.72. The van der Waals surface area contributed by atoms with Crippen LogP contribution in [0.5, 0.6) is 5.75 Å². The maximum absolute atomic E-state index is 13.9. The molecule has 1 N–H and O–H groups in total. The minimum absolute atomic E-state index is 0.264. The number of hydrogen-bond acceptors (Lipinski definition) is 3. The molecule has 0 fully saturated rings. The first kappa shape index (κ1) is 13.1. The highest BCUT2D eigenvalue weighted by molar-refractivity contribution is 5.47. The molecule has 1 aromatic carbocycles. The number of hydrogen-bond donors (Lipinski definition) is 1. The standard InChI is InChI=1S/C15H17FN2O2/c1-3-18-14(13(20-2)9-17-18)15(19)8-7-10-11(15)5-4-6-12(10)16/h4-6,9,19H,3,7-8H2,1-2H3. The molecule has 1 aromatic heterocycles. The molecule has 3 rings (SSSR count). The van der Waals surface area contributed by atoms with Crippen molar-refractivity contribution >= 4 is 0 Å². The molecular weight excluding hydrogens is 259 g/mol. The van der Waals surface area contributed by atoms with Gasteiger partial charge in [-0.3, -0.25) is 4.68 Å². The van der Waals surface area contributed by atoms with Crippen molar-refractivity contribution < 1.29 is 14.2 Å². The Morgan fingerprint density at radius 1 is 1.50 bits per heavy atom. The second-order valence-electron chi connectivity index (χ2n) is 5.00. The minimum Gasteiger partial charge on any atom is -0.493 e. The van der Waals surface area contributed by atoms with Gasteiger partial charge in [0.25, 0.3) is 0 Å². The Morgan fingerprint density at radius 2 is 2.30 bits per heavy atom. The summed E-state index contributed by atoms with van der Waals surface area (Å²) in [6.07, 6.45) is 2.54. The summed E-state index contributed by atoms with van der Waals surface area (Å²) in [5.41, 5.74) is 0.564. The number of methoxy groups -OCH3 is 1. The van der Waals surface area contributed by atoms with Crippen molar-refractivity contribution in [2.75, 3.05) is 7.11 Å². The van der Waals surface area contributed by atoms with Gasteiger partial charge in [-0.05, 0) is 37.0 Å². The minimum atomic E-state index is -1.24. The van der Waals surface area contributed by atoms with Gasteiger partial charge in [0.15, 0.2) is 5.75 Å². The summed E-state index contributed by atoms with van der Waals surface area (Å²) >= 11 is 0. The van der Waals surface area contributed by atoms with Crippen molar-refractivity contribution in [1.82, 2.24) is 9.78 Å². The van der Waals surface area contributed by atoms with E-state index in [0.717, 1.165) is 0 Å². The highest BCUT2D eigenvalue weighted by atomic mass is 19.1. The number of fused-ring (bicyclic) bond motifs is 1. The van der Waals surface area contributed by atoms with Gasteiger partial charge >= 0.3 is 0 Å². The Hall–Kier alpha value is -1.88. The van der Waals surface area contributed by atoms with Crippen molar-refractivity contribution in [3.05, 3.63) is 47.0 Å². The Bertz CT molecular complexity index is 632. The van der Waals surface area contributed by atoms with E-state index in [1.54, 1.807) is 30.1 Å². The van der Waals surface area contributed by atoms with Gasteiger partial charge in [0.05, 0.1) is 13.3 Å². The zero-order valence-electron chi connectivity index (χ0n) is 11.6. The van der Waals surface area contributed by atoms with E-state index in [-0.39, 0.29) is 5.82 Å². The number of benzene rings is 1. The number of rotatable bonds is 3. The van der Waals surface area contributed by atoms with Crippen LogP contribution in [-0.2, 0) is 18.6 Å². The van der Waals surface area contributed by atoms with Gasteiger partial charge in [-0.1, -0.05) is 12.1 Å². The van der Waals surface area contributed by atoms with Gasteiger partial charge in [0, 0.05) is 6.54 Å². The summed E-state index contributed by atoms with van der Waals surface area (Å²) in [5.74, 6) is 0.270. The van der Waals surface area contributed by atoms with Gasteiger partial charge in [-0.15, -0.1) is 0 Å². The highest BCUT2D eigenvalue weighted by Gasteiger charge is 2.44. The van der Waals surface area contributed by atoms with E-state index in [1.807, 2.05) is 6.92 Å². The molecule has 0 spiro atoms. The lowest BCUT2D eigenvalue weighted by molar-refractivity contribution is 0.0700. The van der Waals surface area contributed by atoms with Crippen molar-refractivity contribution in [1.29, 1.82) is 0 Å². The Morgan fingerprint density at radius 3 is 3.00 bits per heavy atom. The summed E-state index contributed by atoms with van der Waals surface area (Å²) in [5, 5.41) is 15.4. The molecule has 1 heterocycles. The summed E-state index contributed by atoms with van der Waals surface area (Å²) in [7, 11) is 1.55. The quantitative estimate of drug-likeness (QED) is 0.935. The number of halogens is 1. The second kappa shape index (κ2) is 4.59. The van der Waals surface area contributed by atoms with Gasteiger partial charge < -0.3 is 9.84 Å². The lowest BCUT2D eigenvalue weighted by Gasteiger charge is -2.26. The van der Waals surface area contributed by atoms with E-state index < -0.39 is 5.60 Å². The molecule has 0 saturated carbocycles. The second-order valence-corrected chi connectivity index (χ2v) is 5.00. The first-order valence-electron chi connectivity index (χ1n) is 6.72. The molecule has 0 amide bonds. The van der Waals surface area contributed by atoms with Crippen molar-refractivity contribution in [3.8, 4) is 5.75 Å². The Kier molecular flexibility index (Phi) is 3.01. The van der Waals surface area contributed by atoms with Crippen molar-refractivity contribution in [3.63, 3.8) is 0 Å². The van der Waals surface area contributed by atoms with Crippen LogP contribution in [0.25, 0.3) is 0 Å². The van der Waals surface area contributed by atoms with E-state index in [9.17, 15) is 9.50 Å². The molecule has 0 saturated heterocycles. The van der Waals surface area contributed by atoms with E-state index in [0.29, 0.717) is 42.0 Å². The molecule has 106 valence electrons. The van der Waals surface area contributed by atoms with E-state index in [2.05, 4.69) is 5.10 Å². The van der Waals surface area contributed by atoms with Gasteiger partial charge in [-0.25, -0.2) is 4.39 Å². The molecular formula is C15H17FN2O2. The predicted octanol–water partition coefficient (Wildman–Crippen LogP) is 2.23.